The number of nitrogens with one attached hydrogen (secondary N) is 3. The van der Waals surface area contributed by atoms with Crippen molar-refractivity contribution in [3.05, 3.63) is 106 Å². The number of hydrogen-bond acceptors (Lipinski definition) is 3. The van der Waals surface area contributed by atoms with E-state index in [1.807, 2.05) is 6.21 Å². The summed E-state index contributed by atoms with van der Waals surface area (Å²) in [6.45, 7) is 6.74. The smallest absolute Gasteiger partial charge is 0.117 e. The molecule has 1 aliphatic carbocycles. The van der Waals surface area contributed by atoms with Gasteiger partial charge >= 0.3 is 0 Å². The largest absolute Gasteiger partial charge is 0.379 e. The van der Waals surface area contributed by atoms with Crippen LogP contribution in [0.5, 0.6) is 0 Å². The van der Waals surface area contributed by atoms with Crippen LogP contribution in [0.2, 0.25) is 0 Å². The minimum absolute atomic E-state index is 0.107. The van der Waals surface area contributed by atoms with Crippen LogP contribution in [0.25, 0.3) is 38.7 Å². The van der Waals surface area contributed by atoms with Gasteiger partial charge in [-0.2, -0.15) is 0 Å². The molecule has 4 aromatic carbocycles. The Morgan fingerprint density at radius 1 is 0.976 bits per heavy atom. The Morgan fingerprint density at radius 2 is 1.76 bits per heavy atom. The van der Waals surface area contributed by atoms with Gasteiger partial charge in [-0.05, 0) is 71.3 Å². The van der Waals surface area contributed by atoms with E-state index in [-0.39, 0.29) is 11.5 Å². The fourth-order valence-corrected chi connectivity index (χ4v) is 7.22. The molecule has 0 saturated carbocycles. The van der Waals surface area contributed by atoms with Gasteiger partial charge in [0.05, 0.1) is 22.6 Å². The zero-order valence-electron chi connectivity index (χ0n) is 23.2. The molecule has 6 aromatic rings. The van der Waals surface area contributed by atoms with Crippen LogP contribution in [0, 0.1) is 5.92 Å². The Labute approximate surface area is 246 Å². The van der Waals surface area contributed by atoms with Crippen molar-refractivity contribution in [3.8, 4) is 0 Å². The van der Waals surface area contributed by atoms with Gasteiger partial charge in [-0.3, -0.25) is 4.99 Å². The van der Waals surface area contributed by atoms with Gasteiger partial charge in [0.15, 0.2) is 0 Å². The molecular weight excluding hydrogens is 570 g/mol. The summed E-state index contributed by atoms with van der Waals surface area (Å²) in [4.78, 5) is 17.5. The topological polar surface area (TPSA) is 68.9 Å². The number of imidazole rings is 1. The average Bonchev–Trinajstić information content (AvgIpc) is 3.64. The van der Waals surface area contributed by atoms with Crippen LogP contribution in [0.3, 0.4) is 0 Å². The number of H-pyrrole nitrogens is 2. The molecule has 202 valence electrons. The molecule has 3 N–H and O–H groups in total. The van der Waals surface area contributed by atoms with Crippen LogP contribution < -0.4 is 5.32 Å². The quantitative estimate of drug-likeness (QED) is 0.140. The third-order valence-corrected chi connectivity index (χ3v) is 9.86. The SMILES string of the molecule is CC1Cc2[nH]cc(C=Nc3ccc4c5ccccc5c5[nH]c(C6c7ccccc7NC6(C)C)nc5c4c3)c2C=C1Br. The highest BCUT2D eigenvalue weighted by molar-refractivity contribution is 9.11. The first-order chi connectivity index (χ1) is 19.9. The molecule has 41 heavy (non-hydrogen) atoms. The second kappa shape index (κ2) is 8.92. The summed E-state index contributed by atoms with van der Waals surface area (Å²) in [5.74, 6) is 1.58. The maximum Gasteiger partial charge on any atom is 0.117 e. The molecule has 2 atom stereocenters. The van der Waals surface area contributed by atoms with E-state index in [4.69, 9.17) is 9.98 Å². The van der Waals surface area contributed by atoms with Crippen LogP contribution in [0.15, 0.2) is 82.4 Å². The van der Waals surface area contributed by atoms with E-state index in [1.165, 1.54) is 43.1 Å². The van der Waals surface area contributed by atoms with Crippen LogP contribution in [-0.4, -0.2) is 26.7 Å². The normalized spacial score (nSPS) is 19.6. The maximum atomic E-state index is 5.33. The lowest BCUT2D eigenvalue weighted by Crippen LogP contribution is -2.33. The summed E-state index contributed by atoms with van der Waals surface area (Å²) in [7, 11) is 0. The van der Waals surface area contributed by atoms with Crippen molar-refractivity contribution in [1.29, 1.82) is 0 Å². The number of rotatable bonds is 3. The average molecular weight is 601 g/mol. The van der Waals surface area contributed by atoms with E-state index < -0.39 is 0 Å². The fourth-order valence-electron chi connectivity index (χ4n) is 6.83. The van der Waals surface area contributed by atoms with Crippen LogP contribution in [-0.2, 0) is 6.42 Å². The number of benzene rings is 4. The maximum absolute atomic E-state index is 5.33. The second-order valence-corrected chi connectivity index (χ2v) is 12.9. The van der Waals surface area contributed by atoms with Gasteiger partial charge in [-0.25, -0.2) is 4.98 Å². The van der Waals surface area contributed by atoms with E-state index in [0.717, 1.165) is 39.9 Å². The predicted molar refractivity (Wildman–Crippen MR) is 175 cm³/mol. The highest BCUT2D eigenvalue weighted by Gasteiger charge is 2.41. The van der Waals surface area contributed by atoms with E-state index in [2.05, 4.69) is 131 Å². The van der Waals surface area contributed by atoms with Gasteiger partial charge in [0.2, 0.25) is 0 Å². The predicted octanol–water partition coefficient (Wildman–Crippen LogP) is 9.21. The van der Waals surface area contributed by atoms with Crippen LogP contribution in [0.4, 0.5) is 11.4 Å². The summed E-state index contributed by atoms with van der Waals surface area (Å²) in [5.41, 5.74) is 8.85. The first kappa shape index (κ1) is 24.6. The molecule has 0 radical (unpaired) electrons. The molecule has 0 fully saturated rings. The molecule has 2 unspecified atom stereocenters. The number of aliphatic imine (C=N–C) groups is 1. The Kier molecular flexibility index (Phi) is 5.36. The lowest BCUT2D eigenvalue weighted by molar-refractivity contribution is 0.511. The summed E-state index contributed by atoms with van der Waals surface area (Å²) < 4.78 is 1.23. The molecule has 6 heteroatoms. The van der Waals surface area contributed by atoms with Crippen molar-refractivity contribution in [3.63, 3.8) is 0 Å². The lowest BCUT2D eigenvalue weighted by Gasteiger charge is -2.26. The van der Waals surface area contributed by atoms with Crippen molar-refractivity contribution in [1.82, 2.24) is 15.0 Å². The zero-order chi connectivity index (χ0) is 27.9. The first-order valence-electron chi connectivity index (χ1n) is 14.2. The molecule has 2 aromatic heterocycles. The number of anilines is 1. The molecule has 2 aliphatic rings. The number of aromatic amines is 2. The minimum Gasteiger partial charge on any atom is -0.379 e. The van der Waals surface area contributed by atoms with Crippen molar-refractivity contribution < 1.29 is 0 Å². The summed E-state index contributed by atoms with van der Waals surface area (Å²) in [5, 5.41) is 8.42. The van der Waals surface area contributed by atoms with Crippen LogP contribution >= 0.6 is 15.9 Å². The van der Waals surface area contributed by atoms with Crippen molar-refractivity contribution >= 4 is 72.2 Å². The molecule has 1 aliphatic heterocycles. The zero-order valence-corrected chi connectivity index (χ0v) is 24.8. The van der Waals surface area contributed by atoms with E-state index in [1.54, 1.807) is 0 Å². The van der Waals surface area contributed by atoms with E-state index >= 15 is 0 Å². The van der Waals surface area contributed by atoms with E-state index in [0.29, 0.717) is 5.92 Å². The number of nitrogens with zero attached hydrogens (tertiary/aromatic N) is 2. The number of fused-ring (bicyclic) bond motifs is 8. The van der Waals surface area contributed by atoms with Crippen molar-refractivity contribution in [2.75, 3.05) is 5.32 Å². The number of aromatic nitrogens is 3. The van der Waals surface area contributed by atoms with Gasteiger partial charge in [0.1, 0.15) is 5.82 Å². The fraction of sp³-hybridized carbons (Fsp3) is 0.200. The van der Waals surface area contributed by atoms with Crippen molar-refractivity contribution in [2.24, 2.45) is 10.9 Å². The molecular formula is C35H30BrN5. The molecule has 8 rings (SSSR count). The first-order valence-corrected chi connectivity index (χ1v) is 15.0. The molecule has 0 bridgehead atoms. The number of para-hydroxylation sites is 1. The Hall–Kier alpha value is -4.16. The molecule has 0 saturated heterocycles. The second-order valence-electron chi connectivity index (χ2n) is 12.0. The van der Waals surface area contributed by atoms with Gasteiger partial charge in [-0.1, -0.05) is 71.4 Å². The highest BCUT2D eigenvalue weighted by atomic mass is 79.9. The summed E-state index contributed by atoms with van der Waals surface area (Å²) >= 11 is 3.74. The highest BCUT2D eigenvalue weighted by Crippen LogP contribution is 2.46. The monoisotopic (exact) mass is 599 g/mol. The Morgan fingerprint density at radius 3 is 2.63 bits per heavy atom. The molecule has 3 heterocycles. The van der Waals surface area contributed by atoms with Gasteiger partial charge in [0.25, 0.3) is 0 Å². The third kappa shape index (κ3) is 3.81. The van der Waals surface area contributed by atoms with Crippen LogP contribution in [0.1, 0.15) is 54.9 Å². The Balaban J connectivity index is 1.29. The number of hydrogen-bond donors (Lipinski definition) is 3. The molecule has 0 amide bonds. The Bertz CT molecular complexity index is 2080. The van der Waals surface area contributed by atoms with Crippen molar-refractivity contribution in [2.45, 2.75) is 38.6 Å². The number of halogens is 1. The lowest BCUT2D eigenvalue weighted by atomic mass is 9.85. The summed E-state index contributed by atoms with van der Waals surface area (Å²) in [6.07, 6.45) is 7.26. The van der Waals surface area contributed by atoms with Gasteiger partial charge in [-0.15, -0.1) is 0 Å². The standard InChI is InChI=1S/C35H30BrN5/c1-19-14-30-26(16-28(19)36)20(18-38-30)17-37-21-12-13-23-22-8-4-5-9-24(22)32-33(27(23)15-21)40-34(39-32)31-25-10-6-7-11-29(25)41-35(31,2)3/h4-13,15-19,31,38,41H,14H2,1-3H3,(H,39,40). The summed E-state index contributed by atoms with van der Waals surface area (Å²) in [6, 6.07) is 23.7. The molecule has 5 nitrogen and oxygen atoms in total. The van der Waals surface area contributed by atoms with Gasteiger partial charge < -0.3 is 15.3 Å². The van der Waals surface area contributed by atoms with Gasteiger partial charge in [0, 0.05) is 51.2 Å². The number of allylic oxidation sites excluding steroid dienone is 1. The van der Waals surface area contributed by atoms with E-state index in [9.17, 15) is 0 Å². The minimum atomic E-state index is -0.171. The third-order valence-electron chi connectivity index (χ3n) is 8.84. The molecule has 0 spiro atoms.